The Labute approximate surface area is 154 Å². The second kappa shape index (κ2) is 7.40. The maximum atomic E-state index is 4.83. The summed E-state index contributed by atoms with van der Waals surface area (Å²) in [6.45, 7) is 8.43. The molecule has 2 nitrogen and oxygen atoms in total. The van der Waals surface area contributed by atoms with Crippen LogP contribution in [0, 0.1) is 20.8 Å². The van der Waals surface area contributed by atoms with Crippen LogP contribution in [0.1, 0.15) is 29.3 Å². The monoisotopic (exact) mass is 348 g/mol. The van der Waals surface area contributed by atoms with Crippen molar-refractivity contribution in [3.05, 3.63) is 64.8 Å². The lowest BCUT2D eigenvalue weighted by Gasteiger charge is -2.14. The van der Waals surface area contributed by atoms with Crippen LogP contribution >= 0.6 is 11.8 Å². The van der Waals surface area contributed by atoms with Gasteiger partial charge in [0.2, 0.25) is 0 Å². The van der Waals surface area contributed by atoms with Crippen molar-refractivity contribution in [1.82, 2.24) is 4.98 Å². The predicted octanol–water partition coefficient (Wildman–Crippen LogP) is 6.22. The lowest BCUT2D eigenvalue weighted by Crippen LogP contribution is -2.04. The highest BCUT2D eigenvalue weighted by Gasteiger charge is 2.13. The van der Waals surface area contributed by atoms with Crippen LogP contribution in [0.5, 0.6) is 0 Å². The van der Waals surface area contributed by atoms with E-state index in [1.54, 1.807) is 11.8 Å². The zero-order valence-corrected chi connectivity index (χ0v) is 16.4. The Morgan fingerprint density at radius 2 is 1.68 bits per heavy atom. The molecule has 0 N–H and O–H groups in total. The maximum absolute atomic E-state index is 4.83. The number of aromatic nitrogens is 1. The fourth-order valence-corrected chi connectivity index (χ4v) is 3.93. The molecule has 1 aromatic heterocycles. The number of thioether (sulfide) groups is 1. The van der Waals surface area contributed by atoms with E-state index in [2.05, 4.69) is 76.4 Å². The molecule has 2 aromatic carbocycles. The van der Waals surface area contributed by atoms with Crippen LogP contribution in [0.25, 0.3) is 10.9 Å². The van der Waals surface area contributed by atoms with Gasteiger partial charge in [-0.2, -0.15) is 0 Å². The molecule has 3 aromatic rings. The van der Waals surface area contributed by atoms with Crippen molar-refractivity contribution in [2.75, 3.05) is 6.26 Å². The number of rotatable bonds is 4. The van der Waals surface area contributed by atoms with Gasteiger partial charge in [0.1, 0.15) is 0 Å². The molecular formula is C22H24N2S. The molecule has 3 rings (SSSR count). The highest BCUT2D eigenvalue weighted by molar-refractivity contribution is 7.98. The third kappa shape index (κ3) is 3.93. The Kier molecular flexibility index (Phi) is 5.24. The normalized spacial score (nSPS) is 12.0. The molecule has 0 aliphatic carbocycles. The zero-order valence-electron chi connectivity index (χ0n) is 15.6. The molecule has 0 amide bonds. The summed E-state index contributed by atoms with van der Waals surface area (Å²) in [6, 6.07) is 14.8. The zero-order chi connectivity index (χ0) is 18.0. The molecule has 0 aliphatic heterocycles. The Morgan fingerprint density at radius 3 is 2.36 bits per heavy atom. The average molecular weight is 349 g/mol. The number of aliphatic imine (C=N–C) groups is 1. The molecule has 0 spiro atoms. The van der Waals surface area contributed by atoms with E-state index in [1.165, 1.54) is 27.0 Å². The van der Waals surface area contributed by atoms with Crippen molar-refractivity contribution in [3.8, 4) is 0 Å². The number of nitrogens with zero attached hydrogens (tertiary/aromatic N) is 2. The van der Waals surface area contributed by atoms with Gasteiger partial charge in [0.05, 0.1) is 11.2 Å². The summed E-state index contributed by atoms with van der Waals surface area (Å²) < 4.78 is 0. The highest BCUT2D eigenvalue weighted by atomic mass is 32.2. The van der Waals surface area contributed by atoms with Crippen molar-refractivity contribution in [3.63, 3.8) is 0 Å². The van der Waals surface area contributed by atoms with E-state index in [-0.39, 0.29) is 0 Å². The summed E-state index contributed by atoms with van der Waals surface area (Å²) in [7, 11) is 0. The molecule has 3 heteroatoms. The number of hydrogen-bond donors (Lipinski definition) is 0. The van der Waals surface area contributed by atoms with Crippen LogP contribution in [0.4, 0.5) is 5.69 Å². The first-order valence-electron chi connectivity index (χ1n) is 8.52. The van der Waals surface area contributed by atoms with Gasteiger partial charge in [0, 0.05) is 28.1 Å². The average Bonchev–Trinajstić information content (AvgIpc) is 2.58. The standard InChI is InChI=1S/C22H24N2S/c1-14-6-9-18(10-7-14)23-16(3)13-19-17(4)24-21-11-8-15(2)12-20(21)22(19)25-5/h6-12H,13H2,1-5H3. The Balaban J connectivity index is 2.02. The molecule has 0 unspecified atom stereocenters. The minimum atomic E-state index is 0.826. The number of fused-ring (bicyclic) bond motifs is 1. The molecule has 0 fully saturated rings. The molecule has 0 saturated heterocycles. The van der Waals surface area contributed by atoms with Crippen molar-refractivity contribution >= 4 is 34.1 Å². The first-order chi connectivity index (χ1) is 12.0. The van der Waals surface area contributed by atoms with E-state index >= 15 is 0 Å². The van der Waals surface area contributed by atoms with Crippen molar-refractivity contribution in [1.29, 1.82) is 0 Å². The van der Waals surface area contributed by atoms with Gasteiger partial charge >= 0.3 is 0 Å². The first kappa shape index (κ1) is 17.7. The van der Waals surface area contributed by atoms with E-state index in [9.17, 15) is 0 Å². The predicted molar refractivity (Wildman–Crippen MR) is 111 cm³/mol. The summed E-state index contributed by atoms with van der Waals surface area (Å²) in [4.78, 5) is 10.9. The van der Waals surface area contributed by atoms with E-state index in [0.717, 1.165) is 29.0 Å². The Hall–Kier alpha value is -2.13. The van der Waals surface area contributed by atoms with E-state index in [0.29, 0.717) is 0 Å². The first-order valence-corrected chi connectivity index (χ1v) is 9.75. The van der Waals surface area contributed by atoms with Gasteiger partial charge in [-0.1, -0.05) is 29.3 Å². The SMILES string of the molecule is CSc1c(CC(C)=Nc2ccc(C)cc2)c(C)nc2ccc(C)cc12. The van der Waals surface area contributed by atoms with E-state index < -0.39 is 0 Å². The molecular weight excluding hydrogens is 324 g/mol. The fourth-order valence-electron chi connectivity index (χ4n) is 3.08. The second-order valence-electron chi connectivity index (χ2n) is 6.59. The minimum Gasteiger partial charge on any atom is -0.258 e. The van der Waals surface area contributed by atoms with Crippen molar-refractivity contribution < 1.29 is 0 Å². The molecule has 0 aliphatic rings. The van der Waals surface area contributed by atoms with Gasteiger partial charge in [-0.05, 0) is 63.8 Å². The molecule has 0 radical (unpaired) electrons. The summed E-state index contributed by atoms with van der Waals surface area (Å²) in [5, 5.41) is 1.25. The number of pyridine rings is 1. The van der Waals surface area contributed by atoms with Gasteiger partial charge < -0.3 is 0 Å². The minimum absolute atomic E-state index is 0.826. The van der Waals surface area contributed by atoms with Gasteiger partial charge in [-0.3, -0.25) is 9.98 Å². The van der Waals surface area contributed by atoms with Crippen molar-refractivity contribution in [2.24, 2.45) is 4.99 Å². The third-order valence-corrected chi connectivity index (χ3v) is 5.26. The number of hydrogen-bond acceptors (Lipinski definition) is 3. The van der Waals surface area contributed by atoms with Crippen LogP contribution < -0.4 is 0 Å². The summed E-state index contributed by atoms with van der Waals surface area (Å²) in [6.07, 6.45) is 2.97. The highest BCUT2D eigenvalue weighted by Crippen LogP contribution is 2.32. The number of benzene rings is 2. The fraction of sp³-hybridized carbons (Fsp3) is 0.273. The topological polar surface area (TPSA) is 25.2 Å². The molecule has 25 heavy (non-hydrogen) atoms. The second-order valence-corrected chi connectivity index (χ2v) is 7.41. The largest absolute Gasteiger partial charge is 0.258 e. The molecule has 0 atom stereocenters. The van der Waals surface area contributed by atoms with Gasteiger partial charge in [0.25, 0.3) is 0 Å². The number of aryl methyl sites for hydroxylation is 3. The van der Waals surface area contributed by atoms with Crippen LogP contribution in [-0.4, -0.2) is 17.0 Å². The summed E-state index contributed by atoms with van der Waals surface area (Å²) in [5.74, 6) is 0. The lowest BCUT2D eigenvalue weighted by atomic mass is 10.0. The maximum Gasteiger partial charge on any atom is 0.0716 e. The Bertz CT molecular complexity index is 940. The summed E-state index contributed by atoms with van der Waals surface area (Å²) >= 11 is 1.80. The van der Waals surface area contributed by atoms with Crippen LogP contribution in [0.2, 0.25) is 0 Å². The third-order valence-electron chi connectivity index (χ3n) is 4.39. The molecule has 128 valence electrons. The quantitative estimate of drug-likeness (QED) is 0.413. The van der Waals surface area contributed by atoms with Gasteiger partial charge in [0.15, 0.2) is 0 Å². The van der Waals surface area contributed by atoms with Crippen LogP contribution in [-0.2, 0) is 6.42 Å². The molecule has 0 saturated carbocycles. The smallest absolute Gasteiger partial charge is 0.0716 e. The van der Waals surface area contributed by atoms with Gasteiger partial charge in [-0.25, -0.2) is 0 Å². The van der Waals surface area contributed by atoms with Gasteiger partial charge in [-0.15, -0.1) is 11.8 Å². The lowest BCUT2D eigenvalue weighted by molar-refractivity contribution is 1.10. The van der Waals surface area contributed by atoms with E-state index in [4.69, 9.17) is 9.98 Å². The van der Waals surface area contributed by atoms with Crippen molar-refractivity contribution in [2.45, 2.75) is 39.0 Å². The Morgan fingerprint density at radius 1 is 1.00 bits per heavy atom. The van der Waals surface area contributed by atoms with Crippen LogP contribution in [0.15, 0.2) is 52.4 Å². The van der Waals surface area contributed by atoms with Crippen LogP contribution in [0.3, 0.4) is 0 Å². The molecule has 1 heterocycles. The van der Waals surface area contributed by atoms with E-state index in [1.807, 2.05) is 0 Å². The molecule has 0 bridgehead atoms. The summed E-state index contributed by atoms with van der Waals surface area (Å²) in [5.41, 5.74) is 8.10.